The molecule has 0 saturated heterocycles. The smallest absolute Gasteiger partial charge is 0.164 e. The molecule has 18 aromatic rings. The van der Waals surface area contributed by atoms with Gasteiger partial charge in [0.1, 0.15) is 0 Å². The van der Waals surface area contributed by atoms with Gasteiger partial charge in [-0.3, -0.25) is 0 Å². The molecule has 15 aromatic carbocycles. The number of fused-ring (bicyclic) bond motifs is 12. The van der Waals surface area contributed by atoms with E-state index in [1.54, 1.807) is 0 Å². The molecule has 3 heterocycles. The van der Waals surface area contributed by atoms with Gasteiger partial charge in [0.05, 0.1) is 22.4 Å². The van der Waals surface area contributed by atoms with Crippen molar-refractivity contribution < 1.29 is 0 Å². The van der Waals surface area contributed by atoms with Crippen molar-refractivity contribution in [1.82, 2.24) is 29.5 Å². The van der Waals surface area contributed by atoms with E-state index in [1.807, 2.05) is 60.7 Å². The zero-order valence-electron chi connectivity index (χ0n) is 53.2. The summed E-state index contributed by atoms with van der Waals surface area (Å²) in [5.74, 6) is 2.50. The molecule has 1 unspecified atom stereocenters. The van der Waals surface area contributed by atoms with Crippen LogP contribution in [0.15, 0.2) is 346 Å². The van der Waals surface area contributed by atoms with Crippen LogP contribution in [0.2, 0.25) is 0 Å². The molecule has 0 spiro atoms. The molecule has 0 saturated carbocycles. The van der Waals surface area contributed by atoms with Crippen LogP contribution < -0.4 is 0 Å². The maximum atomic E-state index is 5.44. The fourth-order valence-corrected chi connectivity index (χ4v) is 15.1. The number of rotatable bonds is 11. The molecule has 0 radical (unpaired) electrons. The molecule has 0 amide bonds. The summed E-state index contributed by atoms with van der Waals surface area (Å²) in [6, 6.07) is 124. The van der Waals surface area contributed by atoms with Crippen LogP contribution in [0.5, 0.6) is 0 Å². The van der Waals surface area contributed by atoms with E-state index in [2.05, 4.69) is 290 Å². The molecule has 1 atom stereocenters. The minimum absolute atomic E-state index is 0.0797. The lowest BCUT2D eigenvalue weighted by Crippen LogP contribution is -2.04. The largest absolute Gasteiger partial charge is 0.309 e. The second kappa shape index (κ2) is 23.5. The Balaban J connectivity index is 0.711. The first kappa shape index (κ1) is 56.5. The number of para-hydroxylation sites is 2. The molecule has 0 N–H and O–H groups in total. The lowest BCUT2D eigenvalue weighted by Gasteiger charge is -2.19. The van der Waals surface area contributed by atoms with Crippen molar-refractivity contribution in [3.8, 4) is 118 Å². The molecule has 1 aliphatic carbocycles. The van der Waals surface area contributed by atoms with E-state index < -0.39 is 0 Å². The average molecular weight is 1250 g/mol. The maximum absolute atomic E-state index is 5.44. The van der Waals surface area contributed by atoms with Crippen molar-refractivity contribution in [2.75, 3.05) is 0 Å². The highest BCUT2D eigenvalue weighted by atomic mass is 15.0. The summed E-state index contributed by atoms with van der Waals surface area (Å²) in [4.78, 5) is 25.9. The number of hydrogen-bond donors (Lipinski definition) is 0. The average Bonchev–Trinajstić information content (AvgIpc) is 1.37. The summed E-state index contributed by atoms with van der Waals surface area (Å²) in [7, 11) is 0. The number of hydrogen-bond acceptors (Lipinski definition) is 5. The van der Waals surface area contributed by atoms with Crippen molar-refractivity contribution in [2.24, 2.45) is 0 Å². The van der Waals surface area contributed by atoms with E-state index in [4.69, 9.17) is 24.9 Å². The Morgan fingerprint density at radius 2 is 0.592 bits per heavy atom. The Kier molecular flexibility index (Phi) is 13.5. The fourth-order valence-electron chi connectivity index (χ4n) is 15.1. The molecule has 98 heavy (non-hydrogen) atoms. The first-order chi connectivity index (χ1) is 48.5. The van der Waals surface area contributed by atoms with E-state index in [1.165, 1.54) is 82.0 Å². The van der Waals surface area contributed by atoms with E-state index in [-0.39, 0.29) is 5.92 Å². The van der Waals surface area contributed by atoms with Gasteiger partial charge < -0.3 is 4.57 Å². The van der Waals surface area contributed by atoms with Crippen LogP contribution >= 0.6 is 0 Å². The summed E-state index contributed by atoms with van der Waals surface area (Å²) in [6.45, 7) is 0. The lowest BCUT2D eigenvalue weighted by atomic mass is 9.87. The highest BCUT2D eigenvalue weighted by Crippen LogP contribution is 2.51. The third kappa shape index (κ3) is 9.84. The predicted molar refractivity (Wildman–Crippen MR) is 404 cm³/mol. The topological polar surface area (TPSA) is 69.4 Å². The van der Waals surface area contributed by atoms with Crippen LogP contribution in [-0.4, -0.2) is 29.5 Å². The zero-order chi connectivity index (χ0) is 64.6. The molecule has 0 aliphatic heterocycles. The van der Waals surface area contributed by atoms with Crippen LogP contribution in [0, 0.1) is 0 Å². The van der Waals surface area contributed by atoms with Gasteiger partial charge in [0.25, 0.3) is 0 Å². The first-order valence-electron chi connectivity index (χ1n) is 33.4. The van der Waals surface area contributed by atoms with E-state index in [0.717, 1.165) is 83.7 Å². The van der Waals surface area contributed by atoms with Crippen molar-refractivity contribution in [1.29, 1.82) is 0 Å². The van der Waals surface area contributed by atoms with Crippen LogP contribution in [-0.2, 0) is 0 Å². The molecular formula is C92H58N6. The van der Waals surface area contributed by atoms with Crippen molar-refractivity contribution in [3.63, 3.8) is 0 Å². The SMILES string of the molecule is c1ccc(-c2cc(-c3ccccc3)nc(-c3cc(C4c5ccccc5-c5cc(-c6ccc7c8cc(-c9cccc(-c%10cccc(-c%11nc(-c%12ccccc%12)nc(-c%12ccccc%12)n%11)c%10)c9)ccc8c8ccccc8c7c6)ccc54)cc(-n4c5ccccc5c5ccccc54)c3)n2)cc1. The van der Waals surface area contributed by atoms with E-state index >= 15 is 0 Å². The zero-order valence-corrected chi connectivity index (χ0v) is 53.2. The van der Waals surface area contributed by atoms with Gasteiger partial charge in [-0.25, -0.2) is 24.9 Å². The first-order valence-corrected chi connectivity index (χ1v) is 33.4. The number of benzene rings is 15. The summed E-state index contributed by atoms with van der Waals surface area (Å²) in [6.07, 6.45) is 0. The molecule has 0 bridgehead atoms. The lowest BCUT2D eigenvalue weighted by molar-refractivity contribution is 1.01. The molecule has 6 heteroatoms. The third-order valence-electron chi connectivity index (χ3n) is 19.7. The Labute approximate surface area is 566 Å². The van der Waals surface area contributed by atoms with Gasteiger partial charge >= 0.3 is 0 Å². The van der Waals surface area contributed by atoms with E-state index in [0.29, 0.717) is 23.3 Å². The summed E-state index contributed by atoms with van der Waals surface area (Å²) >= 11 is 0. The van der Waals surface area contributed by atoms with Crippen LogP contribution in [0.3, 0.4) is 0 Å². The Bertz CT molecular complexity index is 6010. The van der Waals surface area contributed by atoms with Crippen molar-refractivity contribution in [2.45, 2.75) is 5.92 Å². The Morgan fingerprint density at radius 1 is 0.204 bits per heavy atom. The molecule has 0 fully saturated rings. The Morgan fingerprint density at radius 3 is 1.16 bits per heavy atom. The number of nitrogens with zero attached hydrogens (tertiary/aromatic N) is 6. The van der Waals surface area contributed by atoms with Gasteiger partial charge in [0, 0.05) is 55.8 Å². The number of aromatic nitrogens is 6. The van der Waals surface area contributed by atoms with Crippen LogP contribution in [0.25, 0.3) is 172 Å². The van der Waals surface area contributed by atoms with Gasteiger partial charge in [-0.1, -0.05) is 279 Å². The quantitative estimate of drug-likeness (QED) is 0.121. The molecule has 456 valence electrons. The highest BCUT2D eigenvalue weighted by Gasteiger charge is 2.32. The van der Waals surface area contributed by atoms with Gasteiger partial charge in [-0.05, 0) is 160 Å². The summed E-state index contributed by atoms with van der Waals surface area (Å²) in [5, 5.41) is 9.77. The molecular weight excluding hydrogens is 1190 g/mol. The van der Waals surface area contributed by atoms with Crippen molar-refractivity contribution in [3.05, 3.63) is 362 Å². The summed E-state index contributed by atoms with van der Waals surface area (Å²) < 4.78 is 2.43. The second-order valence-corrected chi connectivity index (χ2v) is 25.5. The second-order valence-electron chi connectivity index (χ2n) is 25.5. The molecule has 1 aliphatic rings. The standard InChI is InChI=1S/C92H58N6/c1-5-23-58(24-6-1)84-57-85(59-25-7-2-8-26-59)94-92(93-84)70-51-69(52-71(53-70)98-86-41-19-17-38-77(86)78-39-18-20-42-87(78)98)88-79-40-16-15-37-74(79)83-56-67(45-48-80(83)88)66-44-47-76-81(55-66)73-36-14-13-35-72(73)75-46-43-65(54-82(75)76)63-32-21-31-62(49-63)64-33-22-34-68(50-64)91-96-89(60-27-9-3-10-28-60)95-90(97-91)61-29-11-4-12-30-61/h1-57,88H. The minimum atomic E-state index is -0.0797. The van der Waals surface area contributed by atoms with Gasteiger partial charge in [-0.2, -0.15) is 0 Å². The maximum Gasteiger partial charge on any atom is 0.164 e. The third-order valence-corrected chi connectivity index (χ3v) is 19.7. The van der Waals surface area contributed by atoms with Crippen LogP contribution in [0.4, 0.5) is 0 Å². The van der Waals surface area contributed by atoms with Crippen molar-refractivity contribution >= 4 is 54.1 Å². The minimum Gasteiger partial charge on any atom is -0.309 e. The van der Waals surface area contributed by atoms with Gasteiger partial charge in [0.2, 0.25) is 0 Å². The normalized spacial score (nSPS) is 12.6. The monoisotopic (exact) mass is 1250 g/mol. The fraction of sp³-hybridized carbons (Fsp3) is 0.0109. The Hall–Kier alpha value is -13.0. The summed E-state index contributed by atoms with van der Waals surface area (Å²) in [5.41, 5.74) is 23.9. The molecule has 3 aromatic heterocycles. The highest BCUT2D eigenvalue weighted by molar-refractivity contribution is 6.26. The van der Waals surface area contributed by atoms with Crippen LogP contribution in [0.1, 0.15) is 22.6 Å². The predicted octanol–water partition coefficient (Wildman–Crippen LogP) is 23.4. The van der Waals surface area contributed by atoms with E-state index in [9.17, 15) is 0 Å². The van der Waals surface area contributed by atoms with Gasteiger partial charge in [-0.15, -0.1) is 0 Å². The molecule has 6 nitrogen and oxygen atoms in total. The van der Waals surface area contributed by atoms with Gasteiger partial charge in [0.15, 0.2) is 23.3 Å². The molecule has 19 rings (SSSR count).